The molecule has 4 heteroatoms. The Morgan fingerprint density at radius 2 is 2.00 bits per heavy atom. The van der Waals surface area contributed by atoms with Gasteiger partial charge in [-0.05, 0) is 38.4 Å². The molecule has 2 rings (SSSR count). The Hall–Kier alpha value is -1.26. The van der Waals surface area contributed by atoms with Gasteiger partial charge in [-0.2, -0.15) is 5.48 Å². The predicted octanol–water partition coefficient (Wildman–Crippen LogP) is 2.97. The van der Waals surface area contributed by atoms with Crippen molar-refractivity contribution >= 4 is 0 Å². The minimum atomic E-state index is 0.795. The molecule has 4 nitrogen and oxygen atoms in total. The number of hydrogen-bond donors (Lipinski definition) is 1. The maximum Gasteiger partial charge on any atom is 0.193 e. The molecule has 1 aliphatic rings. The number of hydrogen-bond acceptors (Lipinski definition) is 4. The van der Waals surface area contributed by atoms with Crippen LogP contribution in [0.2, 0.25) is 0 Å². The van der Waals surface area contributed by atoms with E-state index in [0.717, 1.165) is 31.0 Å². The first-order chi connectivity index (χ1) is 9.85. The van der Waals surface area contributed by atoms with Crippen LogP contribution in [0.15, 0.2) is 18.2 Å². The Balaban J connectivity index is 2.08. The summed E-state index contributed by atoms with van der Waals surface area (Å²) in [5, 5.41) is 0. The fourth-order valence-corrected chi connectivity index (χ4v) is 2.55. The predicted molar refractivity (Wildman–Crippen MR) is 81.0 cm³/mol. The lowest BCUT2D eigenvalue weighted by atomic mass is 10.1. The minimum absolute atomic E-state index is 0.795. The molecule has 1 saturated heterocycles. The highest BCUT2D eigenvalue weighted by atomic mass is 16.7. The molecule has 0 aliphatic carbocycles. The molecular formula is C16H26N2O2. The summed E-state index contributed by atoms with van der Waals surface area (Å²) in [6.45, 7) is 6.24. The van der Waals surface area contributed by atoms with Crippen LogP contribution in [0.1, 0.15) is 38.2 Å². The Morgan fingerprint density at radius 3 is 2.70 bits per heavy atom. The fraction of sp³-hybridized carbons (Fsp3) is 0.625. The number of nitrogens with zero attached hydrogens (tertiary/aromatic N) is 1. The molecule has 1 aromatic rings. The molecule has 0 radical (unpaired) electrons. The van der Waals surface area contributed by atoms with Crippen LogP contribution < -0.4 is 15.1 Å². The largest absolute Gasteiger partial charge is 0.493 e. The van der Waals surface area contributed by atoms with Crippen LogP contribution in [-0.2, 0) is 6.54 Å². The number of benzene rings is 1. The number of likely N-dealkylation sites (tertiary alicyclic amines) is 1. The van der Waals surface area contributed by atoms with E-state index in [1.54, 1.807) is 7.11 Å². The summed E-state index contributed by atoms with van der Waals surface area (Å²) in [5.41, 5.74) is 4.19. The maximum atomic E-state index is 5.74. The lowest BCUT2D eigenvalue weighted by molar-refractivity contribution is 0.176. The molecule has 0 spiro atoms. The number of hydroxylamine groups is 1. The molecule has 1 aliphatic heterocycles. The number of piperidine rings is 1. The van der Waals surface area contributed by atoms with Gasteiger partial charge in [0.25, 0.3) is 0 Å². The smallest absolute Gasteiger partial charge is 0.193 e. The molecule has 0 aromatic heterocycles. The maximum absolute atomic E-state index is 5.74. The van der Waals surface area contributed by atoms with E-state index in [0.29, 0.717) is 0 Å². The van der Waals surface area contributed by atoms with Gasteiger partial charge in [-0.25, -0.2) is 0 Å². The second-order valence-electron chi connectivity index (χ2n) is 5.28. The van der Waals surface area contributed by atoms with Gasteiger partial charge in [0.1, 0.15) is 0 Å². The van der Waals surface area contributed by atoms with Crippen molar-refractivity contribution in [1.29, 1.82) is 0 Å². The molecular weight excluding hydrogens is 252 g/mol. The van der Waals surface area contributed by atoms with Crippen LogP contribution in [0.4, 0.5) is 0 Å². The van der Waals surface area contributed by atoms with Crippen molar-refractivity contribution in [2.24, 2.45) is 0 Å². The van der Waals surface area contributed by atoms with Crippen molar-refractivity contribution < 1.29 is 9.57 Å². The monoisotopic (exact) mass is 278 g/mol. The zero-order chi connectivity index (χ0) is 14.2. The number of rotatable bonds is 7. The van der Waals surface area contributed by atoms with E-state index in [4.69, 9.17) is 9.57 Å². The molecule has 20 heavy (non-hydrogen) atoms. The van der Waals surface area contributed by atoms with Crippen LogP contribution in [0.25, 0.3) is 0 Å². The fourth-order valence-electron chi connectivity index (χ4n) is 2.55. The third-order valence-electron chi connectivity index (χ3n) is 3.65. The molecule has 0 amide bonds. The second-order valence-corrected chi connectivity index (χ2v) is 5.28. The second kappa shape index (κ2) is 8.12. The van der Waals surface area contributed by atoms with Crippen molar-refractivity contribution in [2.75, 3.05) is 26.7 Å². The first-order valence-corrected chi connectivity index (χ1v) is 7.63. The van der Waals surface area contributed by atoms with Gasteiger partial charge in [0.05, 0.1) is 7.11 Å². The highest BCUT2D eigenvalue weighted by Crippen LogP contribution is 2.31. The van der Waals surface area contributed by atoms with Crippen molar-refractivity contribution in [3.8, 4) is 11.5 Å². The quantitative estimate of drug-likeness (QED) is 0.614. The van der Waals surface area contributed by atoms with Gasteiger partial charge < -0.3 is 9.57 Å². The Bertz CT molecular complexity index is 403. The van der Waals surface area contributed by atoms with Crippen molar-refractivity contribution in [3.63, 3.8) is 0 Å². The van der Waals surface area contributed by atoms with Crippen LogP contribution in [0.5, 0.6) is 11.5 Å². The number of ether oxygens (including phenoxy) is 1. The van der Waals surface area contributed by atoms with Gasteiger partial charge in [-0.1, -0.05) is 25.5 Å². The molecule has 0 unspecified atom stereocenters. The van der Waals surface area contributed by atoms with Gasteiger partial charge >= 0.3 is 0 Å². The SMILES string of the molecule is CCCNOc1c(CN2CCCCC2)cccc1OC. The summed E-state index contributed by atoms with van der Waals surface area (Å²) >= 11 is 0. The van der Waals surface area contributed by atoms with E-state index >= 15 is 0 Å². The Kier molecular flexibility index (Phi) is 6.15. The molecule has 0 bridgehead atoms. The van der Waals surface area contributed by atoms with E-state index in [-0.39, 0.29) is 0 Å². The van der Waals surface area contributed by atoms with Crippen LogP contribution >= 0.6 is 0 Å². The zero-order valence-corrected chi connectivity index (χ0v) is 12.7. The highest BCUT2D eigenvalue weighted by molar-refractivity contribution is 5.46. The number of methoxy groups -OCH3 is 1. The van der Waals surface area contributed by atoms with E-state index in [2.05, 4.69) is 23.4 Å². The highest BCUT2D eigenvalue weighted by Gasteiger charge is 2.16. The third-order valence-corrected chi connectivity index (χ3v) is 3.65. The van der Waals surface area contributed by atoms with Gasteiger partial charge in [0.15, 0.2) is 11.5 Å². The summed E-state index contributed by atoms with van der Waals surface area (Å²) < 4.78 is 5.42. The van der Waals surface area contributed by atoms with E-state index in [1.807, 2.05) is 12.1 Å². The van der Waals surface area contributed by atoms with E-state index < -0.39 is 0 Å². The van der Waals surface area contributed by atoms with Gasteiger partial charge in [0, 0.05) is 18.7 Å². The topological polar surface area (TPSA) is 33.7 Å². The lowest BCUT2D eigenvalue weighted by Gasteiger charge is -2.27. The first-order valence-electron chi connectivity index (χ1n) is 7.63. The number of nitrogens with one attached hydrogen (secondary N) is 1. The standard InChI is InChI=1S/C16H26N2O2/c1-3-10-17-20-16-14(8-7-9-15(16)19-2)13-18-11-5-4-6-12-18/h7-9,17H,3-6,10-13H2,1-2H3. The Labute approximate surface area is 122 Å². The molecule has 112 valence electrons. The van der Waals surface area contributed by atoms with Crippen LogP contribution in [-0.4, -0.2) is 31.6 Å². The Morgan fingerprint density at radius 1 is 1.20 bits per heavy atom. The van der Waals surface area contributed by atoms with Gasteiger partial charge in [0.2, 0.25) is 0 Å². The normalized spacial score (nSPS) is 16.1. The average molecular weight is 278 g/mol. The van der Waals surface area contributed by atoms with Crippen molar-refractivity contribution in [3.05, 3.63) is 23.8 Å². The zero-order valence-electron chi connectivity index (χ0n) is 12.7. The van der Waals surface area contributed by atoms with Crippen LogP contribution in [0, 0.1) is 0 Å². The third kappa shape index (κ3) is 4.12. The summed E-state index contributed by atoms with van der Waals surface area (Å²) in [6, 6.07) is 6.10. The summed E-state index contributed by atoms with van der Waals surface area (Å²) in [7, 11) is 1.69. The first kappa shape index (κ1) is 15.1. The molecule has 1 N–H and O–H groups in total. The van der Waals surface area contributed by atoms with Crippen molar-refractivity contribution in [1.82, 2.24) is 10.4 Å². The number of para-hydroxylation sites is 1. The lowest BCUT2D eigenvalue weighted by Crippen LogP contribution is -2.29. The summed E-state index contributed by atoms with van der Waals surface area (Å²) in [4.78, 5) is 8.23. The van der Waals surface area contributed by atoms with E-state index in [1.165, 1.54) is 37.9 Å². The molecule has 1 heterocycles. The molecule has 1 aromatic carbocycles. The van der Waals surface area contributed by atoms with Crippen molar-refractivity contribution in [2.45, 2.75) is 39.2 Å². The summed E-state index contributed by atoms with van der Waals surface area (Å²) in [5.74, 6) is 1.62. The van der Waals surface area contributed by atoms with E-state index in [9.17, 15) is 0 Å². The van der Waals surface area contributed by atoms with Gasteiger partial charge in [-0.15, -0.1) is 0 Å². The molecule has 0 saturated carbocycles. The average Bonchev–Trinajstić information content (AvgIpc) is 2.50. The molecule has 1 fully saturated rings. The summed E-state index contributed by atoms with van der Waals surface area (Å²) in [6.07, 6.45) is 5.00. The minimum Gasteiger partial charge on any atom is -0.493 e. The molecule has 0 atom stereocenters. The van der Waals surface area contributed by atoms with Gasteiger partial charge in [-0.3, -0.25) is 4.90 Å². The van der Waals surface area contributed by atoms with Crippen LogP contribution in [0.3, 0.4) is 0 Å².